The number of guanidine groups is 1. The molecule has 1 aromatic carbocycles. The van der Waals surface area contributed by atoms with Gasteiger partial charge in [-0.2, -0.15) is 5.10 Å². The maximum absolute atomic E-state index is 5.47. The van der Waals surface area contributed by atoms with Crippen LogP contribution in [0, 0.1) is 0 Å². The average Bonchev–Trinajstić information content (AvgIpc) is 3.19. The quantitative estimate of drug-likeness (QED) is 0.539. The highest BCUT2D eigenvalue weighted by atomic mass is 16.5. The van der Waals surface area contributed by atoms with E-state index in [1.165, 1.54) is 0 Å². The lowest BCUT2D eigenvalue weighted by molar-refractivity contribution is 0.172. The number of benzene rings is 1. The molecule has 2 aromatic rings. The Bertz CT molecular complexity index is 833. The second kappa shape index (κ2) is 10.2. The zero-order chi connectivity index (χ0) is 21.5. The average molecular weight is 417 g/mol. The minimum absolute atomic E-state index is 0.622. The molecule has 2 heterocycles. The zero-order valence-electron chi connectivity index (χ0n) is 18.5. The van der Waals surface area contributed by atoms with Gasteiger partial charge >= 0.3 is 0 Å². The van der Waals surface area contributed by atoms with Crippen molar-refractivity contribution < 1.29 is 14.2 Å². The smallest absolute Gasteiger partial charge is 0.203 e. The molecule has 1 aromatic heterocycles. The van der Waals surface area contributed by atoms with E-state index in [0.29, 0.717) is 23.8 Å². The molecule has 164 valence electrons. The Morgan fingerprint density at radius 2 is 1.70 bits per heavy atom. The predicted octanol–water partition coefficient (Wildman–Crippen LogP) is 1.34. The molecule has 30 heavy (non-hydrogen) atoms. The van der Waals surface area contributed by atoms with Gasteiger partial charge in [0.25, 0.3) is 0 Å². The second-order valence-electron chi connectivity index (χ2n) is 7.22. The molecule has 1 aliphatic rings. The Hall–Kier alpha value is -2.94. The molecular weight excluding hydrogens is 384 g/mol. The van der Waals surface area contributed by atoms with E-state index in [1.807, 2.05) is 43.3 Å². The van der Waals surface area contributed by atoms with Gasteiger partial charge in [-0.1, -0.05) is 0 Å². The normalized spacial score (nSPS) is 15.2. The summed E-state index contributed by atoms with van der Waals surface area (Å²) < 4.78 is 18.2. The molecule has 1 aliphatic heterocycles. The topological polar surface area (TPSA) is 76.4 Å². The van der Waals surface area contributed by atoms with Crippen molar-refractivity contribution in [2.45, 2.75) is 13.1 Å². The summed E-state index contributed by atoms with van der Waals surface area (Å²) in [6.45, 7) is 5.27. The van der Waals surface area contributed by atoms with Gasteiger partial charge in [0.1, 0.15) is 0 Å². The summed E-state index contributed by atoms with van der Waals surface area (Å²) >= 11 is 0. The van der Waals surface area contributed by atoms with Crippen LogP contribution in [0.5, 0.6) is 17.2 Å². The highest BCUT2D eigenvalue weighted by Gasteiger charge is 2.21. The summed E-state index contributed by atoms with van der Waals surface area (Å²) in [6.07, 6.45) is 3.88. The van der Waals surface area contributed by atoms with Crippen LogP contribution in [0.15, 0.2) is 29.5 Å². The maximum Gasteiger partial charge on any atom is 0.203 e. The van der Waals surface area contributed by atoms with Crippen LogP contribution in [0.3, 0.4) is 0 Å². The maximum atomic E-state index is 5.47. The molecule has 0 radical (unpaired) electrons. The van der Waals surface area contributed by atoms with E-state index in [-0.39, 0.29) is 0 Å². The molecule has 0 atom stereocenters. The van der Waals surface area contributed by atoms with Gasteiger partial charge in [-0.05, 0) is 17.7 Å². The number of hydrogen-bond donors (Lipinski definition) is 1. The minimum atomic E-state index is 0.622. The van der Waals surface area contributed by atoms with Crippen LogP contribution in [0.25, 0.3) is 0 Å². The van der Waals surface area contributed by atoms with Gasteiger partial charge in [0.2, 0.25) is 5.75 Å². The third kappa shape index (κ3) is 5.15. The largest absolute Gasteiger partial charge is 0.493 e. The van der Waals surface area contributed by atoms with E-state index in [9.17, 15) is 0 Å². The molecule has 0 unspecified atom stereocenters. The molecule has 3 rings (SSSR count). The number of aryl methyl sites for hydroxylation is 1. The van der Waals surface area contributed by atoms with Crippen molar-refractivity contribution >= 4 is 5.96 Å². The Morgan fingerprint density at radius 1 is 1.03 bits per heavy atom. The summed E-state index contributed by atoms with van der Waals surface area (Å²) in [6, 6.07) is 4.03. The number of aromatic nitrogens is 2. The van der Waals surface area contributed by atoms with Crippen molar-refractivity contribution in [2.75, 3.05) is 54.6 Å². The first-order valence-electron chi connectivity index (χ1n) is 10.0. The summed E-state index contributed by atoms with van der Waals surface area (Å²) in [4.78, 5) is 9.16. The van der Waals surface area contributed by atoms with Gasteiger partial charge in [0.15, 0.2) is 17.5 Å². The lowest BCUT2D eigenvalue weighted by Crippen LogP contribution is -2.52. The summed E-state index contributed by atoms with van der Waals surface area (Å²) in [7, 11) is 8.65. The number of ether oxygens (including phenoxy) is 3. The second-order valence-corrected chi connectivity index (χ2v) is 7.22. The number of rotatable bonds is 7. The number of methoxy groups -OCH3 is 3. The molecule has 0 bridgehead atoms. The Kier molecular flexibility index (Phi) is 7.40. The molecule has 9 heteroatoms. The fourth-order valence-electron chi connectivity index (χ4n) is 3.68. The van der Waals surface area contributed by atoms with Crippen LogP contribution in [0.1, 0.15) is 11.1 Å². The lowest BCUT2D eigenvalue weighted by Gasteiger charge is -2.36. The first-order valence-corrected chi connectivity index (χ1v) is 10.0. The van der Waals surface area contributed by atoms with Gasteiger partial charge in [-0.25, -0.2) is 0 Å². The van der Waals surface area contributed by atoms with E-state index in [4.69, 9.17) is 14.2 Å². The van der Waals surface area contributed by atoms with Crippen LogP contribution in [-0.4, -0.2) is 80.1 Å². The van der Waals surface area contributed by atoms with E-state index in [0.717, 1.165) is 49.8 Å². The minimum Gasteiger partial charge on any atom is -0.493 e. The van der Waals surface area contributed by atoms with Crippen molar-refractivity contribution in [1.82, 2.24) is 24.9 Å². The molecule has 1 N–H and O–H groups in total. The van der Waals surface area contributed by atoms with Crippen molar-refractivity contribution in [2.24, 2.45) is 12.0 Å². The third-order valence-corrected chi connectivity index (χ3v) is 5.22. The Morgan fingerprint density at radius 3 is 2.20 bits per heavy atom. The van der Waals surface area contributed by atoms with Crippen molar-refractivity contribution in [3.05, 3.63) is 35.7 Å². The van der Waals surface area contributed by atoms with E-state index < -0.39 is 0 Å². The molecule has 1 fully saturated rings. The number of nitrogens with zero attached hydrogens (tertiary/aromatic N) is 5. The van der Waals surface area contributed by atoms with Crippen LogP contribution in [0.4, 0.5) is 0 Å². The van der Waals surface area contributed by atoms with Crippen LogP contribution in [0.2, 0.25) is 0 Å². The summed E-state index contributed by atoms with van der Waals surface area (Å²) in [5, 5.41) is 7.64. The van der Waals surface area contributed by atoms with Crippen molar-refractivity contribution in [3.63, 3.8) is 0 Å². The molecule has 9 nitrogen and oxygen atoms in total. The molecule has 0 spiro atoms. The first-order chi connectivity index (χ1) is 14.6. The molecule has 0 amide bonds. The fourth-order valence-corrected chi connectivity index (χ4v) is 3.68. The first kappa shape index (κ1) is 21.8. The zero-order valence-corrected chi connectivity index (χ0v) is 18.5. The highest BCUT2D eigenvalue weighted by molar-refractivity contribution is 5.80. The SMILES string of the molecule is CN=C(NCc1cnn(C)c1)N1CCN(Cc2cc(OC)c(OC)c(OC)c2)CC1. The van der Waals surface area contributed by atoms with Gasteiger partial charge in [0, 0.05) is 65.1 Å². The number of hydrogen-bond acceptors (Lipinski definition) is 6. The van der Waals surface area contributed by atoms with Crippen LogP contribution in [-0.2, 0) is 20.1 Å². The number of piperazine rings is 1. The van der Waals surface area contributed by atoms with Crippen molar-refractivity contribution in [3.8, 4) is 17.2 Å². The molecule has 0 aliphatic carbocycles. The van der Waals surface area contributed by atoms with E-state index >= 15 is 0 Å². The van der Waals surface area contributed by atoms with Crippen LogP contribution < -0.4 is 19.5 Å². The third-order valence-electron chi connectivity index (χ3n) is 5.22. The Balaban J connectivity index is 1.56. The Labute approximate surface area is 178 Å². The van der Waals surface area contributed by atoms with Gasteiger partial charge < -0.3 is 24.4 Å². The fraction of sp³-hybridized carbons (Fsp3) is 0.524. The standard InChI is InChI=1S/C21H32N6O3/c1-22-21(23-12-17-13-24-25(2)14-17)27-8-6-26(7-9-27)15-16-10-18(28-3)20(30-5)19(11-16)29-4/h10-11,13-14H,6-9,12,15H2,1-5H3,(H,22,23). The predicted molar refractivity (Wildman–Crippen MR) is 116 cm³/mol. The van der Waals surface area contributed by atoms with E-state index in [2.05, 4.69) is 25.2 Å². The van der Waals surface area contributed by atoms with Gasteiger partial charge in [0.05, 0.1) is 27.5 Å². The van der Waals surface area contributed by atoms with Crippen LogP contribution >= 0.6 is 0 Å². The number of aliphatic imine (C=N–C) groups is 1. The monoisotopic (exact) mass is 416 g/mol. The summed E-state index contributed by atoms with van der Waals surface area (Å²) in [5.74, 6) is 2.92. The summed E-state index contributed by atoms with van der Waals surface area (Å²) in [5.41, 5.74) is 2.27. The van der Waals surface area contributed by atoms with E-state index in [1.54, 1.807) is 21.3 Å². The lowest BCUT2D eigenvalue weighted by atomic mass is 10.1. The van der Waals surface area contributed by atoms with Gasteiger partial charge in [-0.15, -0.1) is 0 Å². The highest BCUT2D eigenvalue weighted by Crippen LogP contribution is 2.38. The molecular formula is C21H32N6O3. The molecule has 1 saturated heterocycles. The number of nitrogens with one attached hydrogen (secondary N) is 1. The molecule has 0 saturated carbocycles. The van der Waals surface area contributed by atoms with Crippen molar-refractivity contribution in [1.29, 1.82) is 0 Å². The van der Waals surface area contributed by atoms with Gasteiger partial charge in [-0.3, -0.25) is 14.6 Å².